The number of rotatable bonds is 3. The average Bonchev–Trinajstić information content (AvgIpc) is 2.27. The van der Waals surface area contributed by atoms with Crippen LogP contribution in [0.25, 0.3) is 0 Å². The molecule has 1 aliphatic heterocycles. The Hall–Kier alpha value is -0.120. The summed E-state index contributed by atoms with van der Waals surface area (Å²) < 4.78 is 0. The number of likely N-dealkylation sites (N-methyl/N-ethyl adjacent to an activating group) is 1. The SMILES string of the molecule is CN1CCCN(CCC[O])CC1. The Morgan fingerprint density at radius 3 is 2.75 bits per heavy atom. The predicted molar refractivity (Wildman–Crippen MR) is 48.7 cm³/mol. The number of hydrogen-bond donors (Lipinski definition) is 0. The Balaban J connectivity index is 2.17. The molecule has 1 saturated heterocycles. The molecular formula is C9H19N2O. The van der Waals surface area contributed by atoms with Crippen LogP contribution in [0, 0.1) is 0 Å². The second-order valence-corrected chi connectivity index (χ2v) is 3.56. The van der Waals surface area contributed by atoms with Gasteiger partial charge in [-0.15, -0.1) is 0 Å². The normalized spacial score (nSPS) is 22.5. The van der Waals surface area contributed by atoms with Gasteiger partial charge in [0.15, 0.2) is 0 Å². The summed E-state index contributed by atoms with van der Waals surface area (Å²) in [5.74, 6) is 0. The Morgan fingerprint density at radius 1 is 1.17 bits per heavy atom. The Morgan fingerprint density at radius 2 is 2.00 bits per heavy atom. The van der Waals surface area contributed by atoms with Gasteiger partial charge in [-0.25, -0.2) is 5.11 Å². The summed E-state index contributed by atoms with van der Waals surface area (Å²) in [5.41, 5.74) is 0. The van der Waals surface area contributed by atoms with Gasteiger partial charge in [0.05, 0.1) is 6.61 Å². The lowest BCUT2D eigenvalue weighted by molar-refractivity contribution is 0.166. The summed E-state index contributed by atoms with van der Waals surface area (Å²) in [6, 6.07) is 0. The average molecular weight is 171 g/mol. The van der Waals surface area contributed by atoms with E-state index in [1.807, 2.05) is 0 Å². The van der Waals surface area contributed by atoms with E-state index in [9.17, 15) is 5.11 Å². The molecule has 0 aromatic rings. The van der Waals surface area contributed by atoms with Crippen LogP contribution in [0.4, 0.5) is 0 Å². The highest BCUT2D eigenvalue weighted by molar-refractivity contribution is 4.66. The van der Waals surface area contributed by atoms with Crippen LogP contribution >= 0.6 is 0 Å². The topological polar surface area (TPSA) is 26.4 Å². The lowest BCUT2D eigenvalue weighted by Gasteiger charge is -2.18. The lowest BCUT2D eigenvalue weighted by Crippen LogP contribution is -2.30. The predicted octanol–water partition coefficient (Wildman–Crippen LogP) is 0.444. The molecule has 1 radical (unpaired) electrons. The third-order valence-corrected chi connectivity index (χ3v) is 2.43. The number of hydrogen-bond acceptors (Lipinski definition) is 2. The van der Waals surface area contributed by atoms with Crippen molar-refractivity contribution < 1.29 is 5.11 Å². The van der Waals surface area contributed by atoms with Crippen molar-refractivity contribution >= 4 is 0 Å². The molecule has 1 heterocycles. The van der Waals surface area contributed by atoms with Crippen molar-refractivity contribution in [3.8, 4) is 0 Å². The molecule has 3 heteroatoms. The van der Waals surface area contributed by atoms with Crippen LogP contribution in [-0.4, -0.2) is 56.2 Å². The first-order chi connectivity index (χ1) is 5.83. The molecule has 0 aromatic carbocycles. The minimum atomic E-state index is 0.0757. The van der Waals surface area contributed by atoms with Crippen molar-refractivity contribution in [1.82, 2.24) is 9.80 Å². The van der Waals surface area contributed by atoms with Crippen molar-refractivity contribution in [2.75, 3.05) is 46.4 Å². The Labute approximate surface area is 75.0 Å². The highest BCUT2D eigenvalue weighted by Gasteiger charge is 2.10. The van der Waals surface area contributed by atoms with Crippen LogP contribution < -0.4 is 0 Å². The van der Waals surface area contributed by atoms with Crippen molar-refractivity contribution in [3.63, 3.8) is 0 Å². The largest absolute Gasteiger partial charge is 0.305 e. The first-order valence-electron chi connectivity index (χ1n) is 4.82. The molecule has 1 rings (SSSR count). The number of nitrogens with zero attached hydrogens (tertiary/aromatic N) is 2. The summed E-state index contributed by atoms with van der Waals surface area (Å²) in [6.45, 7) is 5.73. The van der Waals surface area contributed by atoms with Gasteiger partial charge in [-0.3, -0.25) is 0 Å². The molecule has 12 heavy (non-hydrogen) atoms. The molecule has 0 unspecified atom stereocenters. The first kappa shape index (κ1) is 9.96. The van der Waals surface area contributed by atoms with E-state index >= 15 is 0 Å². The van der Waals surface area contributed by atoms with Crippen molar-refractivity contribution in [2.45, 2.75) is 12.8 Å². The zero-order valence-electron chi connectivity index (χ0n) is 7.96. The first-order valence-corrected chi connectivity index (χ1v) is 4.82. The highest BCUT2D eigenvalue weighted by atomic mass is 16.3. The molecule has 1 aliphatic rings. The van der Waals surface area contributed by atoms with Gasteiger partial charge < -0.3 is 9.80 Å². The van der Waals surface area contributed by atoms with Gasteiger partial charge in [-0.1, -0.05) is 0 Å². The van der Waals surface area contributed by atoms with Crippen LogP contribution in [0.15, 0.2) is 0 Å². The van der Waals surface area contributed by atoms with E-state index in [1.54, 1.807) is 0 Å². The van der Waals surface area contributed by atoms with Crippen molar-refractivity contribution in [3.05, 3.63) is 0 Å². The maximum atomic E-state index is 10.3. The fourth-order valence-corrected chi connectivity index (χ4v) is 1.61. The van der Waals surface area contributed by atoms with Crippen molar-refractivity contribution in [2.24, 2.45) is 0 Å². The molecule has 71 valence electrons. The molecule has 0 atom stereocenters. The standard InChI is InChI=1S/C9H19N2O/c1-10-4-2-5-11(8-7-10)6-3-9-12/h2-9H2,1H3. The molecule has 0 aliphatic carbocycles. The summed E-state index contributed by atoms with van der Waals surface area (Å²) in [5, 5.41) is 10.3. The van der Waals surface area contributed by atoms with Gasteiger partial charge in [0, 0.05) is 19.6 Å². The fraction of sp³-hybridized carbons (Fsp3) is 1.00. The second-order valence-electron chi connectivity index (χ2n) is 3.56. The van der Waals surface area contributed by atoms with Gasteiger partial charge in [-0.05, 0) is 33.0 Å². The van der Waals surface area contributed by atoms with Crippen molar-refractivity contribution in [1.29, 1.82) is 0 Å². The van der Waals surface area contributed by atoms with Crippen LogP contribution in [-0.2, 0) is 5.11 Å². The maximum absolute atomic E-state index is 10.3. The third-order valence-electron chi connectivity index (χ3n) is 2.43. The zero-order valence-corrected chi connectivity index (χ0v) is 7.96. The van der Waals surface area contributed by atoms with E-state index in [0.29, 0.717) is 0 Å². The van der Waals surface area contributed by atoms with E-state index in [1.165, 1.54) is 19.5 Å². The monoisotopic (exact) mass is 171 g/mol. The van der Waals surface area contributed by atoms with Gasteiger partial charge in [0.25, 0.3) is 0 Å². The fourth-order valence-electron chi connectivity index (χ4n) is 1.61. The van der Waals surface area contributed by atoms with Gasteiger partial charge in [0.1, 0.15) is 0 Å². The highest BCUT2D eigenvalue weighted by Crippen LogP contribution is 2.01. The minimum Gasteiger partial charge on any atom is -0.305 e. The summed E-state index contributed by atoms with van der Waals surface area (Å²) >= 11 is 0. The van der Waals surface area contributed by atoms with Crippen LogP contribution in [0.2, 0.25) is 0 Å². The molecule has 0 N–H and O–H groups in total. The molecule has 0 saturated carbocycles. The van der Waals surface area contributed by atoms with E-state index in [0.717, 1.165) is 26.1 Å². The van der Waals surface area contributed by atoms with E-state index in [4.69, 9.17) is 0 Å². The molecule has 0 spiro atoms. The lowest BCUT2D eigenvalue weighted by atomic mass is 10.3. The smallest absolute Gasteiger partial charge is 0.0834 e. The minimum absolute atomic E-state index is 0.0757. The van der Waals surface area contributed by atoms with Crippen LogP contribution in [0.3, 0.4) is 0 Å². The van der Waals surface area contributed by atoms with Gasteiger partial charge >= 0.3 is 0 Å². The summed E-state index contributed by atoms with van der Waals surface area (Å²) in [4.78, 5) is 4.76. The van der Waals surface area contributed by atoms with Crippen LogP contribution in [0.1, 0.15) is 12.8 Å². The van der Waals surface area contributed by atoms with E-state index < -0.39 is 0 Å². The second kappa shape index (κ2) is 5.51. The molecule has 0 bridgehead atoms. The summed E-state index contributed by atoms with van der Waals surface area (Å²) in [6.07, 6.45) is 2.05. The molecule has 1 fully saturated rings. The third kappa shape index (κ3) is 3.52. The molecule has 0 amide bonds. The van der Waals surface area contributed by atoms with Gasteiger partial charge in [0.2, 0.25) is 0 Å². The quantitative estimate of drug-likeness (QED) is 0.616. The molecule has 0 aromatic heterocycles. The Kier molecular flexibility index (Phi) is 4.58. The Bertz CT molecular complexity index is 117. The maximum Gasteiger partial charge on any atom is 0.0834 e. The zero-order chi connectivity index (χ0) is 8.81. The van der Waals surface area contributed by atoms with Gasteiger partial charge in [-0.2, -0.15) is 0 Å². The molecular weight excluding hydrogens is 152 g/mol. The summed E-state index contributed by atoms with van der Waals surface area (Å²) in [7, 11) is 2.16. The molecule has 3 nitrogen and oxygen atoms in total. The van der Waals surface area contributed by atoms with E-state index in [2.05, 4.69) is 16.8 Å². The van der Waals surface area contributed by atoms with Crippen LogP contribution in [0.5, 0.6) is 0 Å². The van der Waals surface area contributed by atoms with E-state index in [-0.39, 0.29) is 6.61 Å².